The molecule has 0 unspecified atom stereocenters. The van der Waals surface area contributed by atoms with E-state index in [1.165, 1.54) is 0 Å². The largest absolute Gasteiger partial charge is 0.494 e. The number of rotatable bonds is 8. The van der Waals surface area contributed by atoms with Crippen LogP contribution in [-0.4, -0.2) is 19.1 Å². The van der Waals surface area contributed by atoms with Gasteiger partial charge in [0, 0.05) is 17.7 Å². The van der Waals surface area contributed by atoms with Crippen molar-refractivity contribution in [2.75, 3.05) is 13.2 Å². The monoisotopic (exact) mass is 327 g/mol. The Hall–Kier alpha value is -2.33. The number of carbonyl (C=O) groups is 1. The van der Waals surface area contributed by atoms with Crippen molar-refractivity contribution in [2.45, 2.75) is 33.4 Å². The third-order valence-electron chi connectivity index (χ3n) is 3.73. The SMILES string of the molecule is CCOCc1cc(C(=O)N[C@H](C)c2ccccc2)ccc1OCC. The second kappa shape index (κ2) is 9.08. The zero-order valence-electron chi connectivity index (χ0n) is 14.5. The molecule has 0 heterocycles. The van der Waals surface area contributed by atoms with Crippen molar-refractivity contribution < 1.29 is 14.3 Å². The van der Waals surface area contributed by atoms with Gasteiger partial charge in [0.15, 0.2) is 0 Å². The Labute approximate surface area is 143 Å². The van der Waals surface area contributed by atoms with Crippen LogP contribution in [0.1, 0.15) is 48.3 Å². The van der Waals surface area contributed by atoms with Crippen LogP contribution in [0, 0.1) is 0 Å². The molecule has 0 bridgehead atoms. The second-order valence-corrected chi connectivity index (χ2v) is 5.50. The summed E-state index contributed by atoms with van der Waals surface area (Å²) in [5.74, 6) is 0.658. The average molecular weight is 327 g/mol. The Morgan fingerprint density at radius 2 is 1.83 bits per heavy atom. The fourth-order valence-corrected chi connectivity index (χ4v) is 2.45. The third-order valence-corrected chi connectivity index (χ3v) is 3.73. The summed E-state index contributed by atoms with van der Waals surface area (Å²) in [4.78, 5) is 12.5. The van der Waals surface area contributed by atoms with E-state index in [1.807, 2.05) is 63.2 Å². The van der Waals surface area contributed by atoms with Crippen LogP contribution in [0.25, 0.3) is 0 Å². The van der Waals surface area contributed by atoms with E-state index in [0.717, 1.165) is 16.9 Å². The molecule has 0 aliphatic heterocycles. The maximum absolute atomic E-state index is 12.5. The number of hydrogen-bond acceptors (Lipinski definition) is 3. The molecule has 2 aromatic carbocycles. The molecule has 128 valence electrons. The first kappa shape index (κ1) is 18.0. The van der Waals surface area contributed by atoms with Crippen molar-refractivity contribution in [2.24, 2.45) is 0 Å². The summed E-state index contributed by atoms with van der Waals surface area (Å²) in [5.41, 5.74) is 2.57. The molecule has 0 aliphatic carbocycles. The van der Waals surface area contributed by atoms with Gasteiger partial charge in [0.25, 0.3) is 5.91 Å². The van der Waals surface area contributed by atoms with Gasteiger partial charge in [-0.25, -0.2) is 0 Å². The van der Waals surface area contributed by atoms with E-state index in [1.54, 1.807) is 6.07 Å². The minimum atomic E-state index is -0.104. The Morgan fingerprint density at radius 3 is 2.50 bits per heavy atom. The van der Waals surface area contributed by atoms with Crippen LogP contribution in [-0.2, 0) is 11.3 Å². The first-order valence-electron chi connectivity index (χ1n) is 8.35. The Balaban J connectivity index is 2.13. The van der Waals surface area contributed by atoms with Gasteiger partial charge in [-0.1, -0.05) is 30.3 Å². The summed E-state index contributed by atoms with van der Waals surface area (Å²) in [5, 5.41) is 3.03. The molecule has 0 saturated carbocycles. The predicted octanol–water partition coefficient (Wildman–Crippen LogP) is 4.11. The fourth-order valence-electron chi connectivity index (χ4n) is 2.45. The van der Waals surface area contributed by atoms with Crippen LogP contribution < -0.4 is 10.1 Å². The van der Waals surface area contributed by atoms with E-state index in [-0.39, 0.29) is 11.9 Å². The summed E-state index contributed by atoms with van der Waals surface area (Å²) in [6, 6.07) is 15.3. The summed E-state index contributed by atoms with van der Waals surface area (Å²) in [6.45, 7) is 7.48. The molecular formula is C20H25NO3. The minimum absolute atomic E-state index is 0.0550. The second-order valence-electron chi connectivity index (χ2n) is 5.50. The number of hydrogen-bond donors (Lipinski definition) is 1. The highest BCUT2D eigenvalue weighted by molar-refractivity contribution is 5.94. The molecule has 0 spiro atoms. The standard InChI is InChI=1S/C20H25NO3/c1-4-23-14-18-13-17(11-12-19(18)24-5-2)20(22)21-15(3)16-9-7-6-8-10-16/h6-13,15H,4-5,14H2,1-3H3,(H,21,22)/t15-/m1/s1. The van der Waals surface area contributed by atoms with Gasteiger partial charge in [-0.15, -0.1) is 0 Å². The Bertz CT molecular complexity index is 655. The smallest absolute Gasteiger partial charge is 0.251 e. The van der Waals surface area contributed by atoms with Crippen LogP contribution >= 0.6 is 0 Å². The van der Waals surface area contributed by atoms with Crippen molar-refractivity contribution >= 4 is 5.91 Å². The van der Waals surface area contributed by atoms with Gasteiger partial charge in [0.05, 0.1) is 19.3 Å². The van der Waals surface area contributed by atoms with E-state index in [2.05, 4.69) is 5.32 Å². The van der Waals surface area contributed by atoms with Crippen LogP contribution in [0.3, 0.4) is 0 Å². The Morgan fingerprint density at radius 1 is 1.08 bits per heavy atom. The van der Waals surface area contributed by atoms with Crippen molar-refractivity contribution in [1.29, 1.82) is 0 Å². The zero-order valence-corrected chi connectivity index (χ0v) is 14.5. The van der Waals surface area contributed by atoms with Crippen molar-refractivity contribution in [3.63, 3.8) is 0 Å². The molecule has 0 aromatic heterocycles. The van der Waals surface area contributed by atoms with Crippen molar-refractivity contribution in [3.05, 3.63) is 65.2 Å². The molecule has 1 atom stereocenters. The lowest BCUT2D eigenvalue weighted by Crippen LogP contribution is -2.26. The molecular weight excluding hydrogens is 302 g/mol. The van der Waals surface area contributed by atoms with Crippen LogP contribution in [0.2, 0.25) is 0 Å². The number of amides is 1. The van der Waals surface area contributed by atoms with Gasteiger partial charge in [-0.05, 0) is 44.5 Å². The molecule has 2 rings (SSSR count). The normalized spacial score (nSPS) is 11.8. The summed E-state index contributed by atoms with van der Waals surface area (Å²) >= 11 is 0. The summed E-state index contributed by atoms with van der Waals surface area (Å²) in [7, 11) is 0. The lowest BCUT2D eigenvalue weighted by atomic mass is 10.1. The van der Waals surface area contributed by atoms with Crippen LogP contribution in [0.4, 0.5) is 0 Å². The first-order chi connectivity index (χ1) is 11.7. The molecule has 1 amide bonds. The van der Waals surface area contributed by atoms with Gasteiger partial charge >= 0.3 is 0 Å². The molecule has 24 heavy (non-hydrogen) atoms. The van der Waals surface area contributed by atoms with Gasteiger partial charge in [-0.2, -0.15) is 0 Å². The van der Waals surface area contributed by atoms with Gasteiger partial charge in [0.1, 0.15) is 5.75 Å². The van der Waals surface area contributed by atoms with E-state index in [4.69, 9.17) is 9.47 Å². The highest BCUT2D eigenvalue weighted by atomic mass is 16.5. The minimum Gasteiger partial charge on any atom is -0.494 e. The Kier molecular flexibility index (Phi) is 6.82. The third kappa shape index (κ3) is 4.83. The fraction of sp³-hybridized carbons (Fsp3) is 0.350. The zero-order chi connectivity index (χ0) is 17.4. The van der Waals surface area contributed by atoms with Crippen molar-refractivity contribution in [1.82, 2.24) is 5.32 Å². The van der Waals surface area contributed by atoms with Gasteiger partial charge in [-0.3, -0.25) is 4.79 Å². The van der Waals surface area contributed by atoms with E-state index < -0.39 is 0 Å². The van der Waals surface area contributed by atoms with Crippen LogP contribution in [0.5, 0.6) is 5.75 Å². The molecule has 1 N–H and O–H groups in total. The maximum atomic E-state index is 12.5. The summed E-state index contributed by atoms with van der Waals surface area (Å²) < 4.78 is 11.1. The quantitative estimate of drug-likeness (QED) is 0.793. The topological polar surface area (TPSA) is 47.6 Å². The van der Waals surface area contributed by atoms with Crippen LogP contribution in [0.15, 0.2) is 48.5 Å². The van der Waals surface area contributed by atoms with E-state index in [9.17, 15) is 4.79 Å². The molecule has 4 nitrogen and oxygen atoms in total. The molecule has 2 aromatic rings. The van der Waals surface area contributed by atoms with E-state index in [0.29, 0.717) is 25.4 Å². The number of ether oxygens (including phenoxy) is 2. The molecule has 0 aliphatic rings. The average Bonchev–Trinajstić information content (AvgIpc) is 2.61. The highest BCUT2D eigenvalue weighted by Gasteiger charge is 2.14. The van der Waals surface area contributed by atoms with Gasteiger partial charge in [0.2, 0.25) is 0 Å². The van der Waals surface area contributed by atoms with Crippen molar-refractivity contribution in [3.8, 4) is 5.75 Å². The lowest BCUT2D eigenvalue weighted by molar-refractivity contribution is 0.0939. The summed E-state index contributed by atoms with van der Waals surface area (Å²) in [6.07, 6.45) is 0. The molecule has 4 heteroatoms. The number of nitrogens with one attached hydrogen (secondary N) is 1. The predicted molar refractivity (Wildman–Crippen MR) is 95.3 cm³/mol. The number of carbonyl (C=O) groups excluding carboxylic acids is 1. The molecule has 0 radical (unpaired) electrons. The molecule has 0 fully saturated rings. The first-order valence-corrected chi connectivity index (χ1v) is 8.35. The number of benzene rings is 2. The lowest BCUT2D eigenvalue weighted by Gasteiger charge is -2.16. The maximum Gasteiger partial charge on any atom is 0.251 e. The highest BCUT2D eigenvalue weighted by Crippen LogP contribution is 2.22. The van der Waals surface area contributed by atoms with E-state index >= 15 is 0 Å². The molecule has 0 saturated heterocycles. The van der Waals surface area contributed by atoms with Gasteiger partial charge < -0.3 is 14.8 Å².